The van der Waals surface area contributed by atoms with Crippen LogP contribution in [0.2, 0.25) is 0 Å². The third-order valence-electron chi connectivity index (χ3n) is 5.69. The molecule has 168 valence electrons. The van der Waals surface area contributed by atoms with Gasteiger partial charge in [-0.25, -0.2) is 0 Å². The molecule has 31 heavy (non-hydrogen) atoms. The number of benzene rings is 1. The van der Waals surface area contributed by atoms with E-state index in [2.05, 4.69) is 10.00 Å². The Kier molecular flexibility index (Phi) is 8.06. The highest BCUT2D eigenvalue weighted by Crippen LogP contribution is 2.14. The van der Waals surface area contributed by atoms with Crippen molar-refractivity contribution in [1.29, 1.82) is 0 Å². The first-order chi connectivity index (χ1) is 14.9. The van der Waals surface area contributed by atoms with E-state index in [0.717, 1.165) is 49.4 Å². The minimum atomic E-state index is 0.0862. The van der Waals surface area contributed by atoms with Crippen molar-refractivity contribution in [3.63, 3.8) is 0 Å². The zero-order valence-corrected chi connectivity index (χ0v) is 18.8. The molecule has 1 aliphatic heterocycles. The van der Waals surface area contributed by atoms with Crippen LogP contribution in [0.5, 0.6) is 5.75 Å². The zero-order valence-electron chi connectivity index (χ0n) is 18.8. The van der Waals surface area contributed by atoms with Crippen LogP contribution in [0.25, 0.3) is 0 Å². The topological polar surface area (TPSA) is 70.9 Å². The molecule has 1 fully saturated rings. The lowest BCUT2D eigenvalue weighted by atomic mass is 10.1. The van der Waals surface area contributed by atoms with Crippen molar-refractivity contribution < 1.29 is 14.3 Å². The summed E-state index contributed by atoms with van der Waals surface area (Å²) in [7, 11) is 5.34. The van der Waals surface area contributed by atoms with Gasteiger partial charge in [0, 0.05) is 65.0 Å². The van der Waals surface area contributed by atoms with E-state index in [-0.39, 0.29) is 11.8 Å². The Morgan fingerprint density at radius 1 is 1.10 bits per heavy atom. The summed E-state index contributed by atoms with van der Waals surface area (Å²) in [5.74, 6) is 1.09. The molecule has 0 unspecified atom stereocenters. The SMILES string of the molecule is COc1ccc(CCC(=O)N2CCCN(CC(=O)N(C)Cc3cnn(C)c3)CC2)cc1. The Labute approximate surface area is 184 Å². The molecule has 0 N–H and O–H groups in total. The summed E-state index contributed by atoms with van der Waals surface area (Å²) in [6, 6.07) is 7.85. The Balaban J connectivity index is 1.42. The van der Waals surface area contributed by atoms with Crippen molar-refractivity contribution in [2.75, 3.05) is 46.9 Å². The van der Waals surface area contributed by atoms with Gasteiger partial charge in [-0.3, -0.25) is 19.2 Å². The van der Waals surface area contributed by atoms with Crippen LogP contribution in [0, 0.1) is 0 Å². The number of amides is 2. The molecular formula is C23H33N5O3. The molecule has 0 saturated carbocycles. The predicted molar refractivity (Wildman–Crippen MR) is 119 cm³/mol. The minimum Gasteiger partial charge on any atom is -0.497 e. The summed E-state index contributed by atoms with van der Waals surface area (Å²) in [6.07, 6.45) is 5.81. The highest BCUT2D eigenvalue weighted by molar-refractivity contribution is 5.78. The van der Waals surface area contributed by atoms with Gasteiger partial charge in [0.1, 0.15) is 5.75 Å². The number of hydrogen-bond acceptors (Lipinski definition) is 5. The van der Waals surface area contributed by atoms with Gasteiger partial charge in [-0.15, -0.1) is 0 Å². The summed E-state index contributed by atoms with van der Waals surface area (Å²) in [5, 5.41) is 4.15. The maximum absolute atomic E-state index is 12.7. The monoisotopic (exact) mass is 427 g/mol. The van der Waals surface area contributed by atoms with Crippen molar-refractivity contribution >= 4 is 11.8 Å². The molecule has 0 bridgehead atoms. The van der Waals surface area contributed by atoms with Crippen LogP contribution in [0.15, 0.2) is 36.7 Å². The molecule has 1 aliphatic rings. The average molecular weight is 428 g/mol. The Hall–Kier alpha value is -2.87. The second-order valence-electron chi connectivity index (χ2n) is 8.13. The van der Waals surface area contributed by atoms with Crippen LogP contribution in [0.3, 0.4) is 0 Å². The molecule has 2 amide bonds. The Morgan fingerprint density at radius 2 is 1.87 bits per heavy atom. The third-order valence-corrected chi connectivity index (χ3v) is 5.69. The fourth-order valence-corrected chi connectivity index (χ4v) is 3.81. The Morgan fingerprint density at radius 3 is 2.55 bits per heavy atom. The summed E-state index contributed by atoms with van der Waals surface area (Å²) < 4.78 is 6.91. The van der Waals surface area contributed by atoms with Gasteiger partial charge in [-0.2, -0.15) is 5.10 Å². The van der Waals surface area contributed by atoms with E-state index in [9.17, 15) is 9.59 Å². The molecule has 0 aliphatic carbocycles. The predicted octanol–water partition coefficient (Wildman–Crippen LogP) is 1.55. The molecule has 8 heteroatoms. The largest absolute Gasteiger partial charge is 0.497 e. The molecule has 0 radical (unpaired) electrons. The van der Waals surface area contributed by atoms with Crippen LogP contribution < -0.4 is 4.74 Å². The third kappa shape index (κ3) is 6.82. The van der Waals surface area contributed by atoms with Gasteiger partial charge >= 0.3 is 0 Å². The van der Waals surface area contributed by atoms with Crippen molar-refractivity contribution in [2.24, 2.45) is 7.05 Å². The van der Waals surface area contributed by atoms with Gasteiger partial charge in [-0.1, -0.05) is 12.1 Å². The first-order valence-electron chi connectivity index (χ1n) is 10.8. The van der Waals surface area contributed by atoms with Crippen LogP contribution in [0.4, 0.5) is 0 Å². The van der Waals surface area contributed by atoms with Gasteiger partial charge < -0.3 is 14.5 Å². The second-order valence-corrected chi connectivity index (χ2v) is 8.13. The van der Waals surface area contributed by atoms with E-state index in [1.165, 1.54) is 0 Å². The number of aryl methyl sites for hydroxylation is 2. The normalized spacial score (nSPS) is 14.9. The van der Waals surface area contributed by atoms with Gasteiger partial charge in [0.05, 0.1) is 19.9 Å². The van der Waals surface area contributed by atoms with Crippen LogP contribution in [-0.4, -0.2) is 83.2 Å². The van der Waals surface area contributed by atoms with Gasteiger partial charge in [0.15, 0.2) is 0 Å². The highest BCUT2D eigenvalue weighted by Gasteiger charge is 2.21. The fourth-order valence-electron chi connectivity index (χ4n) is 3.81. The molecule has 1 saturated heterocycles. The summed E-state index contributed by atoms with van der Waals surface area (Å²) >= 11 is 0. The molecule has 2 aromatic rings. The standard InChI is InChI=1S/C23H33N5O3/c1-25(16-20-15-24-26(2)17-20)23(30)18-27-11-4-12-28(14-13-27)22(29)10-7-19-5-8-21(31-3)9-6-19/h5-6,8-9,15,17H,4,7,10-14,16,18H2,1-3H3. The summed E-state index contributed by atoms with van der Waals surface area (Å²) in [4.78, 5) is 31.1. The van der Waals surface area contributed by atoms with E-state index in [0.29, 0.717) is 26.1 Å². The molecule has 1 aromatic heterocycles. The molecule has 0 atom stereocenters. The lowest BCUT2D eigenvalue weighted by Gasteiger charge is -2.24. The van der Waals surface area contributed by atoms with Gasteiger partial charge in [0.25, 0.3) is 0 Å². The molecule has 0 spiro atoms. The van der Waals surface area contributed by atoms with Crippen LogP contribution in [-0.2, 0) is 29.6 Å². The molecular weight excluding hydrogens is 394 g/mol. The fraction of sp³-hybridized carbons (Fsp3) is 0.522. The van der Waals surface area contributed by atoms with Gasteiger partial charge in [0.2, 0.25) is 11.8 Å². The van der Waals surface area contributed by atoms with E-state index < -0.39 is 0 Å². The number of aromatic nitrogens is 2. The average Bonchev–Trinajstić information content (AvgIpc) is 3.03. The quantitative estimate of drug-likeness (QED) is 0.639. The van der Waals surface area contributed by atoms with E-state index in [1.807, 2.05) is 49.5 Å². The number of ether oxygens (including phenoxy) is 1. The van der Waals surface area contributed by atoms with Crippen LogP contribution >= 0.6 is 0 Å². The van der Waals surface area contributed by atoms with Crippen molar-refractivity contribution in [3.8, 4) is 5.75 Å². The van der Waals surface area contributed by atoms with Crippen molar-refractivity contribution in [2.45, 2.75) is 25.8 Å². The zero-order chi connectivity index (χ0) is 22.2. The highest BCUT2D eigenvalue weighted by atomic mass is 16.5. The van der Waals surface area contributed by atoms with Gasteiger partial charge in [-0.05, 0) is 30.5 Å². The number of hydrogen-bond donors (Lipinski definition) is 0. The molecule has 2 heterocycles. The lowest BCUT2D eigenvalue weighted by molar-refractivity contribution is -0.131. The number of likely N-dealkylation sites (N-methyl/N-ethyl adjacent to an activating group) is 1. The van der Waals surface area contributed by atoms with E-state index >= 15 is 0 Å². The minimum absolute atomic E-state index is 0.0862. The maximum atomic E-state index is 12.7. The first kappa shape index (κ1) is 22.8. The first-order valence-corrected chi connectivity index (χ1v) is 10.8. The number of carbonyl (C=O) groups is 2. The molecule has 8 nitrogen and oxygen atoms in total. The van der Waals surface area contributed by atoms with Crippen molar-refractivity contribution in [1.82, 2.24) is 24.5 Å². The second kappa shape index (κ2) is 10.9. The number of rotatable bonds is 8. The number of methoxy groups -OCH3 is 1. The Bertz CT molecular complexity index is 864. The van der Waals surface area contributed by atoms with E-state index in [1.54, 1.807) is 22.9 Å². The number of carbonyl (C=O) groups excluding carboxylic acids is 2. The molecule has 3 rings (SSSR count). The van der Waals surface area contributed by atoms with Crippen LogP contribution in [0.1, 0.15) is 24.0 Å². The smallest absolute Gasteiger partial charge is 0.236 e. The molecule has 1 aromatic carbocycles. The summed E-state index contributed by atoms with van der Waals surface area (Å²) in [6.45, 7) is 3.90. The summed E-state index contributed by atoms with van der Waals surface area (Å²) in [5.41, 5.74) is 2.15. The van der Waals surface area contributed by atoms with Crippen molar-refractivity contribution in [3.05, 3.63) is 47.8 Å². The number of nitrogens with zero attached hydrogens (tertiary/aromatic N) is 5. The van der Waals surface area contributed by atoms with E-state index in [4.69, 9.17) is 4.74 Å². The lowest BCUT2D eigenvalue weighted by Crippen LogP contribution is -2.40. The maximum Gasteiger partial charge on any atom is 0.236 e.